The van der Waals surface area contributed by atoms with Crippen molar-refractivity contribution in [3.8, 4) is 0 Å². The molecule has 1 aromatic heterocycles. The zero-order valence-electron chi connectivity index (χ0n) is 13.3. The van der Waals surface area contributed by atoms with Gasteiger partial charge in [-0.05, 0) is 19.4 Å². The topological polar surface area (TPSA) is 76.9 Å². The maximum atomic E-state index is 12.3. The van der Waals surface area contributed by atoms with Crippen LogP contribution in [0.3, 0.4) is 0 Å². The molecule has 3 heterocycles. The van der Waals surface area contributed by atoms with E-state index >= 15 is 0 Å². The maximum absolute atomic E-state index is 12.3. The second kappa shape index (κ2) is 7.10. The van der Waals surface area contributed by atoms with Gasteiger partial charge in [-0.1, -0.05) is 0 Å². The standard InChI is InChI=1S/C15H22N4O4/c1-2-22-11-15(21)17-9-12-4-5-16-19(12)13(10-17)8-14(20)18-6-3-7-23-18/h4-5,13H,2-3,6-11H2,1H3/t13-/m0/s1. The Morgan fingerprint density at radius 2 is 2.30 bits per heavy atom. The van der Waals surface area contributed by atoms with Gasteiger partial charge >= 0.3 is 0 Å². The molecule has 23 heavy (non-hydrogen) atoms. The molecule has 0 N–H and O–H groups in total. The van der Waals surface area contributed by atoms with Gasteiger partial charge in [0.1, 0.15) is 6.61 Å². The molecular weight excluding hydrogens is 300 g/mol. The van der Waals surface area contributed by atoms with Gasteiger partial charge in [0.25, 0.3) is 0 Å². The second-order valence-electron chi connectivity index (χ2n) is 5.72. The van der Waals surface area contributed by atoms with Crippen LogP contribution in [-0.2, 0) is 25.7 Å². The summed E-state index contributed by atoms with van der Waals surface area (Å²) >= 11 is 0. The predicted octanol–water partition coefficient (Wildman–Crippen LogP) is 0.357. The van der Waals surface area contributed by atoms with Gasteiger partial charge in [0.05, 0.1) is 37.9 Å². The summed E-state index contributed by atoms with van der Waals surface area (Å²) in [6.45, 7) is 4.60. The summed E-state index contributed by atoms with van der Waals surface area (Å²) in [5.74, 6) is -0.123. The number of aromatic nitrogens is 2. The highest BCUT2D eigenvalue weighted by molar-refractivity contribution is 5.78. The molecule has 126 valence electrons. The minimum atomic E-state index is -0.170. The van der Waals surface area contributed by atoms with Crippen molar-refractivity contribution in [3.05, 3.63) is 18.0 Å². The molecule has 0 unspecified atom stereocenters. The van der Waals surface area contributed by atoms with Crippen molar-refractivity contribution in [1.29, 1.82) is 0 Å². The van der Waals surface area contributed by atoms with Crippen molar-refractivity contribution >= 4 is 11.8 Å². The van der Waals surface area contributed by atoms with Crippen LogP contribution in [0.1, 0.15) is 31.5 Å². The van der Waals surface area contributed by atoms with E-state index in [4.69, 9.17) is 9.57 Å². The van der Waals surface area contributed by atoms with Crippen LogP contribution in [0.15, 0.2) is 12.3 Å². The van der Waals surface area contributed by atoms with Crippen molar-refractivity contribution in [2.45, 2.75) is 32.4 Å². The number of ether oxygens (including phenoxy) is 1. The van der Waals surface area contributed by atoms with Gasteiger partial charge in [-0.2, -0.15) is 5.10 Å². The lowest BCUT2D eigenvalue weighted by Gasteiger charge is -2.34. The molecule has 8 heteroatoms. The van der Waals surface area contributed by atoms with E-state index in [0.29, 0.717) is 32.8 Å². The van der Waals surface area contributed by atoms with Crippen LogP contribution in [0.5, 0.6) is 0 Å². The molecule has 0 spiro atoms. The highest BCUT2D eigenvalue weighted by Crippen LogP contribution is 2.24. The van der Waals surface area contributed by atoms with Crippen LogP contribution in [0, 0.1) is 0 Å². The third-order valence-electron chi connectivity index (χ3n) is 4.11. The van der Waals surface area contributed by atoms with E-state index in [1.54, 1.807) is 11.1 Å². The lowest BCUT2D eigenvalue weighted by Crippen LogP contribution is -2.44. The van der Waals surface area contributed by atoms with Crippen molar-refractivity contribution in [2.24, 2.45) is 0 Å². The molecule has 1 atom stereocenters. The number of hydrogen-bond acceptors (Lipinski definition) is 5. The predicted molar refractivity (Wildman–Crippen MR) is 80.1 cm³/mol. The van der Waals surface area contributed by atoms with E-state index in [2.05, 4.69) is 5.10 Å². The smallest absolute Gasteiger partial charge is 0.248 e. The number of fused-ring (bicyclic) bond motifs is 1. The fourth-order valence-corrected chi connectivity index (χ4v) is 2.96. The summed E-state index contributed by atoms with van der Waals surface area (Å²) in [5.41, 5.74) is 0.932. The molecule has 0 aliphatic carbocycles. The Morgan fingerprint density at radius 3 is 3.04 bits per heavy atom. The summed E-state index contributed by atoms with van der Waals surface area (Å²) in [4.78, 5) is 31.6. The molecule has 1 fully saturated rings. The monoisotopic (exact) mass is 322 g/mol. The SMILES string of the molecule is CCOCC(=O)N1Cc2ccnn2[C@@H](CC(=O)N2CCCO2)C1. The maximum Gasteiger partial charge on any atom is 0.248 e. The minimum absolute atomic E-state index is 0.0610. The van der Waals surface area contributed by atoms with Gasteiger partial charge in [0.2, 0.25) is 11.8 Å². The van der Waals surface area contributed by atoms with Crippen LogP contribution in [-0.4, -0.2) is 64.5 Å². The van der Waals surface area contributed by atoms with Gasteiger partial charge < -0.3 is 9.64 Å². The molecule has 0 saturated carbocycles. The third kappa shape index (κ3) is 3.53. The Balaban J connectivity index is 1.68. The summed E-state index contributed by atoms with van der Waals surface area (Å²) in [6.07, 6.45) is 2.84. The highest BCUT2D eigenvalue weighted by Gasteiger charge is 2.32. The first-order valence-corrected chi connectivity index (χ1v) is 8.00. The molecular formula is C15H22N4O4. The van der Waals surface area contributed by atoms with E-state index in [-0.39, 0.29) is 30.9 Å². The van der Waals surface area contributed by atoms with Gasteiger partial charge in [-0.3, -0.25) is 19.1 Å². The van der Waals surface area contributed by atoms with Crippen LogP contribution < -0.4 is 0 Å². The Kier molecular flexibility index (Phi) is 4.92. The third-order valence-corrected chi connectivity index (χ3v) is 4.11. The van der Waals surface area contributed by atoms with E-state index in [0.717, 1.165) is 12.1 Å². The number of carbonyl (C=O) groups excluding carboxylic acids is 2. The molecule has 1 saturated heterocycles. The van der Waals surface area contributed by atoms with E-state index < -0.39 is 0 Å². The summed E-state index contributed by atoms with van der Waals surface area (Å²) in [5, 5.41) is 5.73. The molecule has 1 aromatic rings. The van der Waals surface area contributed by atoms with Crippen molar-refractivity contribution < 1.29 is 19.2 Å². The largest absolute Gasteiger partial charge is 0.372 e. The van der Waals surface area contributed by atoms with Gasteiger partial charge in [-0.15, -0.1) is 0 Å². The van der Waals surface area contributed by atoms with Crippen LogP contribution in [0.25, 0.3) is 0 Å². The first kappa shape index (κ1) is 15.9. The highest BCUT2D eigenvalue weighted by atomic mass is 16.7. The number of nitrogens with zero attached hydrogens (tertiary/aromatic N) is 4. The molecule has 0 bridgehead atoms. The van der Waals surface area contributed by atoms with Crippen molar-refractivity contribution in [1.82, 2.24) is 19.7 Å². The first-order chi connectivity index (χ1) is 11.2. The van der Waals surface area contributed by atoms with E-state index in [9.17, 15) is 9.59 Å². The van der Waals surface area contributed by atoms with Gasteiger partial charge in [0, 0.05) is 19.3 Å². The van der Waals surface area contributed by atoms with Crippen LogP contribution >= 0.6 is 0 Å². The van der Waals surface area contributed by atoms with Gasteiger partial charge in [0.15, 0.2) is 0 Å². The summed E-state index contributed by atoms with van der Waals surface area (Å²) < 4.78 is 7.05. The van der Waals surface area contributed by atoms with Crippen LogP contribution in [0.2, 0.25) is 0 Å². The Morgan fingerprint density at radius 1 is 1.43 bits per heavy atom. The zero-order chi connectivity index (χ0) is 16.2. The molecule has 0 aromatic carbocycles. The second-order valence-corrected chi connectivity index (χ2v) is 5.72. The molecule has 0 radical (unpaired) electrons. The van der Waals surface area contributed by atoms with Crippen molar-refractivity contribution in [2.75, 3.05) is 32.9 Å². The Hall–Kier alpha value is -1.93. The summed E-state index contributed by atoms with van der Waals surface area (Å²) in [7, 11) is 0. The molecule has 2 aliphatic rings. The lowest BCUT2D eigenvalue weighted by atomic mass is 10.1. The molecule has 2 amide bonds. The molecule has 8 nitrogen and oxygen atoms in total. The lowest BCUT2D eigenvalue weighted by molar-refractivity contribution is -0.170. The Bertz CT molecular complexity index is 568. The summed E-state index contributed by atoms with van der Waals surface area (Å²) in [6, 6.07) is 1.71. The zero-order valence-corrected chi connectivity index (χ0v) is 13.3. The average Bonchev–Trinajstić information content (AvgIpc) is 3.23. The number of rotatable bonds is 5. The minimum Gasteiger partial charge on any atom is -0.372 e. The Labute approximate surface area is 134 Å². The van der Waals surface area contributed by atoms with Crippen molar-refractivity contribution in [3.63, 3.8) is 0 Å². The molecule has 3 rings (SSSR count). The molecule has 2 aliphatic heterocycles. The van der Waals surface area contributed by atoms with Gasteiger partial charge in [-0.25, -0.2) is 5.06 Å². The fraction of sp³-hybridized carbons (Fsp3) is 0.667. The number of carbonyl (C=O) groups is 2. The number of hydroxylamine groups is 2. The fourth-order valence-electron chi connectivity index (χ4n) is 2.96. The number of hydrogen-bond donors (Lipinski definition) is 0. The van der Waals surface area contributed by atoms with E-state index in [1.807, 2.05) is 17.7 Å². The first-order valence-electron chi connectivity index (χ1n) is 8.00. The number of amides is 2. The average molecular weight is 322 g/mol. The quantitative estimate of drug-likeness (QED) is 0.782. The van der Waals surface area contributed by atoms with Crippen LogP contribution in [0.4, 0.5) is 0 Å². The normalized spacial score (nSPS) is 20.7. The van der Waals surface area contributed by atoms with E-state index in [1.165, 1.54) is 5.06 Å².